The highest BCUT2D eigenvalue weighted by molar-refractivity contribution is 5.98. The van der Waals surface area contributed by atoms with Crippen LogP contribution in [0.4, 0.5) is 5.82 Å². The first-order valence-electron chi connectivity index (χ1n) is 15.6. The van der Waals surface area contributed by atoms with Gasteiger partial charge in [0.2, 0.25) is 0 Å². The fourth-order valence-corrected chi connectivity index (χ4v) is 6.87. The average Bonchev–Trinajstić information content (AvgIpc) is 3.10. The number of para-hydroxylation sites is 1. The van der Waals surface area contributed by atoms with Gasteiger partial charge in [-0.25, -0.2) is 9.36 Å². The maximum absolute atomic E-state index is 14.5. The van der Waals surface area contributed by atoms with Gasteiger partial charge in [0.15, 0.2) is 0 Å². The van der Waals surface area contributed by atoms with Gasteiger partial charge >= 0.3 is 5.69 Å². The third-order valence-electron chi connectivity index (χ3n) is 9.01. The van der Waals surface area contributed by atoms with Crippen molar-refractivity contribution < 1.29 is 4.79 Å². The number of allylic oxidation sites excluding steroid dienone is 1. The van der Waals surface area contributed by atoms with Gasteiger partial charge in [0.25, 0.3) is 11.5 Å². The van der Waals surface area contributed by atoms with Crippen molar-refractivity contribution in [2.24, 2.45) is 0 Å². The first kappa shape index (κ1) is 29.3. The van der Waals surface area contributed by atoms with Crippen molar-refractivity contribution in [3.05, 3.63) is 176 Å². The van der Waals surface area contributed by atoms with Gasteiger partial charge in [-0.1, -0.05) is 109 Å². The molecule has 0 aliphatic carbocycles. The van der Waals surface area contributed by atoms with E-state index in [1.165, 1.54) is 15.7 Å². The van der Waals surface area contributed by atoms with Gasteiger partial charge in [-0.15, -0.1) is 0 Å². The van der Waals surface area contributed by atoms with Crippen molar-refractivity contribution >= 4 is 11.7 Å². The molecule has 3 heterocycles. The first-order chi connectivity index (χ1) is 22.5. The molecule has 7 rings (SSSR count). The number of piperazine rings is 1. The molecule has 1 aromatic heterocycles. The molecule has 0 bridgehead atoms. The van der Waals surface area contributed by atoms with Crippen LogP contribution in [0.25, 0.3) is 5.69 Å². The van der Waals surface area contributed by atoms with E-state index in [0.717, 1.165) is 5.56 Å². The molecule has 46 heavy (non-hydrogen) atoms. The number of aromatic amines is 1. The molecular weight excluding hydrogens is 574 g/mol. The number of hydrogen-bond donors (Lipinski definition) is 2. The lowest BCUT2D eigenvalue weighted by atomic mass is 9.81. The first-order valence-corrected chi connectivity index (χ1v) is 15.6. The number of carbonyl (C=O) groups excluding carboxylic acids is 1. The molecule has 0 saturated carbocycles. The highest BCUT2D eigenvalue weighted by Crippen LogP contribution is 2.41. The number of carbonyl (C=O) groups is 1. The molecule has 1 saturated heterocycles. The van der Waals surface area contributed by atoms with Crippen LogP contribution >= 0.6 is 0 Å². The lowest BCUT2D eigenvalue weighted by molar-refractivity contribution is -0.129. The molecule has 1 atom stereocenters. The van der Waals surface area contributed by atoms with Crippen LogP contribution in [0.15, 0.2) is 142 Å². The van der Waals surface area contributed by atoms with E-state index in [2.05, 4.69) is 63.7 Å². The molecule has 1 amide bonds. The maximum Gasteiger partial charge on any atom is 0.334 e. The number of H-pyrrole nitrogens is 1. The lowest BCUT2D eigenvalue weighted by Gasteiger charge is -2.41. The standard InChI is InChI=1S/C38H35N5O3/c1-26-31(37(45)42-24-22-41(23-25-42)34(28-16-8-3-9-17-28)29-18-10-4-11-19-29)32(27-14-6-2-7-15-27)33-35(39-26)43(38(46)40-36(33)44)30-20-12-5-13-21-30/h2-21,32,34,39H,22-25H2,1H3,(H,40,44,46). The Morgan fingerprint density at radius 2 is 1.24 bits per heavy atom. The normalized spacial score (nSPS) is 16.7. The summed E-state index contributed by atoms with van der Waals surface area (Å²) in [6.45, 7) is 4.32. The number of rotatable bonds is 6. The minimum atomic E-state index is -0.663. The number of nitrogens with zero attached hydrogens (tertiary/aromatic N) is 3. The summed E-state index contributed by atoms with van der Waals surface area (Å²) in [6.07, 6.45) is 0. The topological polar surface area (TPSA) is 90.4 Å². The Labute approximate surface area is 267 Å². The predicted molar refractivity (Wildman–Crippen MR) is 180 cm³/mol. The van der Waals surface area contributed by atoms with Crippen LogP contribution in [0.1, 0.15) is 41.1 Å². The second kappa shape index (κ2) is 12.5. The van der Waals surface area contributed by atoms with Crippen LogP contribution in [0.3, 0.4) is 0 Å². The third-order valence-corrected chi connectivity index (χ3v) is 9.01. The van der Waals surface area contributed by atoms with E-state index < -0.39 is 17.2 Å². The molecule has 8 heteroatoms. The molecule has 5 aromatic rings. The van der Waals surface area contributed by atoms with E-state index in [1.807, 2.05) is 84.6 Å². The van der Waals surface area contributed by atoms with E-state index in [1.54, 1.807) is 0 Å². The Kier molecular flexibility index (Phi) is 7.95. The molecule has 1 fully saturated rings. The van der Waals surface area contributed by atoms with Gasteiger partial charge < -0.3 is 10.2 Å². The summed E-state index contributed by atoms with van der Waals surface area (Å²) in [5.74, 6) is -0.401. The Balaban J connectivity index is 1.24. The highest BCUT2D eigenvalue weighted by Gasteiger charge is 2.39. The van der Waals surface area contributed by atoms with Crippen molar-refractivity contribution in [1.82, 2.24) is 19.4 Å². The molecule has 4 aromatic carbocycles. The molecule has 0 radical (unpaired) electrons. The number of benzene rings is 4. The van der Waals surface area contributed by atoms with Gasteiger partial charge in [-0.05, 0) is 35.7 Å². The van der Waals surface area contributed by atoms with Gasteiger partial charge in [-0.3, -0.25) is 19.5 Å². The molecule has 2 N–H and O–H groups in total. The second-order valence-electron chi connectivity index (χ2n) is 11.8. The van der Waals surface area contributed by atoms with Crippen molar-refractivity contribution in [2.45, 2.75) is 18.9 Å². The van der Waals surface area contributed by atoms with Crippen molar-refractivity contribution in [2.75, 3.05) is 31.5 Å². The second-order valence-corrected chi connectivity index (χ2v) is 11.8. The molecular formula is C38H35N5O3. The van der Waals surface area contributed by atoms with E-state index in [4.69, 9.17) is 0 Å². The van der Waals surface area contributed by atoms with Crippen molar-refractivity contribution in [3.8, 4) is 5.69 Å². The molecule has 0 spiro atoms. The largest absolute Gasteiger partial charge is 0.344 e. The quantitative estimate of drug-likeness (QED) is 0.273. The number of amides is 1. The van der Waals surface area contributed by atoms with Crippen LogP contribution < -0.4 is 16.6 Å². The van der Waals surface area contributed by atoms with Gasteiger partial charge in [-0.2, -0.15) is 0 Å². The fraction of sp³-hybridized carbons (Fsp3) is 0.184. The summed E-state index contributed by atoms with van der Waals surface area (Å²) in [5, 5.41) is 3.31. The summed E-state index contributed by atoms with van der Waals surface area (Å²) in [5.41, 5.74) is 4.28. The number of nitrogens with one attached hydrogen (secondary N) is 2. The Hall–Kier alpha value is -5.47. The van der Waals surface area contributed by atoms with Crippen LogP contribution in [0, 0.1) is 0 Å². The third kappa shape index (κ3) is 5.37. The Bertz CT molecular complexity index is 1960. The summed E-state index contributed by atoms with van der Waals surface area (Å²) in [4.78, 5) is 48.2. The Morgan fingerprint density at radius 1 is 0.717 bits per heavy atom. The predicted octanol–water partition coefficient (Wildman–Crippen LogP) is 5.29. The van der Waals surface area contributed by atoms with E-state index in [0.29, 0.717) is 54.5 Å². The monoisotopic (exact) mass is 609 g/mol. The number of aromatic nitrogens is 2. The lowest BCUT2D eigenvalue weighted by Crippen LogP contribution is -2.51. The van der Waals surface area contributed by atoms with Gasteiger partial charge in [0, 0.05) is 37.4 Å². The summed E-state index contributed by atoms with van der Waals surface area (Å²) < 4.78 is 1.48. The maximum atomic E-state index is 14.5. The molecule has 2 aliphatic heterocycles. The van der Waals surface area contributed by atoms with Gasteiger partial charge in [0.1, 0.15) is 5.82 Å². The molecule has 1 unspecified atom stereocenters. The van der Waals surface area contributed by atoms with Gasteiger partial charge in [0.05, 0.1) is 23.2 Å². The summed E-state index contributed by atoms with van der Waals surface area (Å²) >= 11 is 0. The smallest absolute Gasteiger partial charge is 0.334 e. The number of hydrogen-bond acceptors (Lipinski definition) is 5. The highest BCUT2D eigenvalue weighted by atomic mass is 16.2. The van der Waals surface area contributed by atoms with Crippen molar-refractivity contribution in [3.63, 3.8) is 0 Å². The SMILES string of the molecule is CC1=C(C(=O)N2CCN(C(c3ccccc3)c3ccccc3)CC2)C(c2ccccc2)c2c(n(-c3ccccc3)c(=O)[nH]c2=O)N1. The van der Waals surface area contributed by atoms with Crippen molar-refractivity contribution in [1.29, 1.82) is 0 Å². The zero-order valence-electron chi connectivity index (χ0n) is 25.6. The fourth-order valence-electron chi connectivity index (χ4n) is 6.87. The minimum absolute atomic E-state index is 0.0779. The molecule has 2 aliphatic rings. The summed E-state index contributed by atoms with van der Waals surface area (Å²) in [7, 11) is 0. The molecule has 8 nitrogen and oxygen atoms in total. The number of fused-ring (bicyclic) bond motifs is 1. The zero-order valence-corrected chi connectivity index (χ0v) is 25.6. The van der Waals surface area contributed by atoms with Crippen LogP contribution in [0.2, 0.25) is 0 Å². The van der Waals surface area contributed by atoms with E-state index >= 15 is 0 Å². The minimum Gasteiger partial charge on any atom is -0.344 e. The van der Waals surface area contributed by atoms with Crippen LogP contribution in [-0.4, -0.2) is 51.4 Å². The average molecular weight is 610 g/mol. The van der Waals surface area contributed by atoms with Crippen LogP contribution in [0.5, 0.6) is 0 Å². The zero-order chi connectivity index (χ0) is 31.6. The van der Waals surface area contributed by atoms with Crippen LogP contribution in [-0.2, 0) is 4.79 Å². The molecule has 230 valence electrons. The Morgan fingerprint density at radius 3 is 1.80 bits per heavy atom. The summed E-state index contributed by atoms with van der Waals surface area (Å²) in [6, 6.07) is 39.8. The van der Waals surface area contributed by atoms with E-state index in [-0.39, 0.29) is 11.9 Å². The number of anilines is 1. The van der Waals surface area contributed by atoms with E-state index in [9.17, 15) is 14.4 Å².